The minimum absolute atomic E-state index is 0.322. The molecule has 5 fully saturated rings. The summed E-state index contributed by atoms with van der Waals surface area (Å²) >= 11 is 0. The Morgan fingerprint density at radius 3 is 2.46 bits per heavy atom. The Hall–Kier alpha value is -0.0400. The van der Waals surface area contributed by atoms with Gasteiger partial charge >= 0.3 is 0 Å². The van der Waals surface area contributed by atoms with Crippen molar-refractivity contribution in [2.75, 3.05) is 0 Å². The van der Waals surface area contributed by atoms with Crippen LogP contribution in [-0.2, 0) is 4.74 Å². The van der Waals surface area contributed by atoms with Gasteiger partial charge in [0, 0.05) is 5.41 Å². The van der Waals surface area contributed by atoms with E-state index in [0.717, 1.165) is 35.5 Å². The highest BCUT2D eigenvalue weighted by Gasteiger charge is 2.73. The maximum atomic E-state index is 6.48. The molecule has 9 atom stereocenters. The fraction of sp³-hybridized carbons (Fsp3) is 1.00. The van der Waals surface area contributed by atoms with Crippen LogP contribution in [-0.4, -0.2) is 11.7 Å². The topological polar surface area (TPSA) is 12.5 Å². The summed E-state index contributed by atoms with van der Waals surface area (Å²) in [6.45, 7) is 12.8. The number of ether oxygens (including phenoxy) is 1. The summed E-state index contributed by atoms with van der Waals surface area (Å²) in [5, 5.41) is 0. The Kier molecular flexibility index (Phi) is 4.78. The zero-order valence-corrected chi connectivity index (χ0v) is 19.4. The van der Waals surface area contributed by atoms with Crippen LogP contribution >= 0.6 is 0 Å². The van der Waals surface area contributed by atoms with Gasteiger partial charge in [0.2, 0.25) is 0 Å². The van der Waals surface area contributed by atoms with Gasteiger partial charge in [-0.3, -0.25) is 0 Å². The van der Waals surface area contributed by atoms with Crippen LogP contribution in [0.4, 0.5) is 0 Å². The fourth-order valence-electron chi connectivity index (χ4n) is 9.77. The molecule has 0 amide bonds. The second kappa shape index (κ2) is 6.73. The number of rotatable bonds is 5. The molecule has 1 saturated heterocycles. The van der Waals surface area contributed by atoms with Gasteiger partial charge in [0.25, 0.3) is 0 Å². The molecule has 28 heavy (non-hydrogen) atoms. The molecule has 5 rings (SSSR count). The van der Waals surface area contributed by atoms with Crippen LogP contribution in [0.3, 0.4) is 0 Å². The molecule has 2 unspecified atom stereocenters. The van der Waals surface area contributed by atoms with Crippen molar-refractivity contribution in [3.05, 3.63) is 0 Å². The van der Waals surface area contributed by atoms with E-state index in [-0.39, 0.29) is 0 Å². The molecular weight excluding hydrogens is 340 g/mol. The molecule has 4 aliphatic carbocycles. The molecule has 1 aliphatic heterocycles. The van der Waals surface area contributed by atoms with Crippen molar-refractivity contribution < 1.29 is 4.74 Å². The van der Waals surface area contributed by atoms with Crippen LogP contribution < -0.4 is 0 Å². The summed E-state index contributed by atoms with van der Waals surface area (Å²) in [4.78, 5) is 0. The predicted octanol–water partition coefficient (Wildman–Crippen LogP) is 7.63. The molecule has 160 valence electrons. The SMILES string of the molecule is CC(C)CCC[C@@H](C)[C@H]1CC[C@H]2[C@@H]3CCC45OC4CCC[C@]5(C)[C@H]3CC[C@]12C. The van der Waals surface area contributed by atoms with Crippen molar-refractivity contribution >= 4 is 0 Å². The van der Waals surface area contributed by atoms with E-state index in [4.69, 9.17) is 4.74 Å². The molecule has 0 aromatic rings. The Morgan fingerprint density at radius 2 is 1.68 bits per heavy atom. The first-order valence-electron chi connectivity index (χ1n) is 13.0. The van der Waals surface area contributed by atoms with Crippen LogP contribution in [0.1, 0.15) is 112 Å². The van der Waals surface area contributed by atoms with Crippen molar-refractivity contribution in [2.24, 2.45) is 46.3 Å². The molecule has 0 bridgehead atoms. The highest BCUT2D eigenvalue weighted by Crippen LogP contribution is 2.73. The lowest BCUT2D eigenvalue weighted by Crippen LogP contribution is -2.57. The highest BCUT2D eigenvalue weighted by atomic mass is 16.6. The molecule has 1 nitrogen and oxygen atoms in total. The van der Waals surface area contributed by atoms with Gasteiger partial charge in [-0.15, -0.1) is 0 Å². The number of hydrogen-bond donors (Lipinski definition) is 0. The standard InChI is InChI=1S/C27H46O/c1-18(2)8-6-9-19(3)21-11-12-22-20-13-17-27-24(28-27)10-7-15-26(27,5)23(20)14-16-25(21,22)4/h18-24H,6-17H2,1-5H3/t19-,20+,21-,22+,23+,24?,25-,26-,27?/m1/s1. The van der Waals surface area contributed by atoms with Crippen LogP contribution in [0.15, 0.2) is 0 Å². The average molecular weight is 387 g/mol. The Bertz CT molecular complexity index is 597. The molecular formula is C27H46O. The van der Waals surface area contributed by atoms with E-state index in [2.05, 4.69) is 34.6 Å². The lowest BCUT2D eigenvalue weighted by Gasteiger charge is -2.60. The summed E-state index contributed by atoms with van der Waals surface area (Å²) < 4.78 is 6.48. The largest absolute Gasteiger partial charge is 0.365 e. The van der Waals surface area contributed by atoms with Gasteiger partial charge in [-0.2, -0.15) is 0 Å². The zero-order chi connectivity index (χ0) is 19.7. The lowest BCUT2D eigenvalue weighted by molar-refractivity contribution is -0.115. The molecule has 5 aliphatic rings. The molecule has 1 heterocycles. The molecule has 0 aromatic heterocycles. The zero-order valence-electron chi connectivity index (χ0n) is 19.4. The van der Waals surface area contributed by atoms with E-state index in [1.165, 1.54) is 77.0 Å². The van der Waals surface area contributed by atoms with Gasteiger partial charge in [-0.1, -0.05) is 60.3 Å². The first kappa shape index (κ1) is 19.9. The minimum atomic E-state index is 0.322. The van der Waals surface area contributed by atoms with Gasteiger partial charge in [-0.25, -0.2) is 0 Å². The van der Waals surface area contributed by atoms with E-state index in [1.54, 1.807) is 0 Å². The van der Waals surface area contributed by atoms with Crippen LogP contribution in [0, 0.1) is 46.3 Å². The third-order valence-corrected chi connectivity index (χ3v) is 11.3. The van der Waals surface area contributed by atoms with Crippen molar-refractivity contribution in [1.29, 1.82) is 0 Å². The molecule has 0 radical (unpaired) electrons. The number of epoxide rings is 1. The number of fused-ring (bicyclic) bond motifs is 4. The molecule has 0 aromatic carbocycles. The van der Waals surface area contributed by atoms with Gasteiger partial charge in [0.15, 0.2) is 0 Å². The second-order valence-electron chi connectivity index (χ2n) is 12.8. The third kappa shape index (κ3) is 2.66. The highest BCUT2D eigenvalue weighted by molar-refractivity contribution is 5.22. The lowest BCUT2D eigenvalue weighted by atomic mass is 9.44. The Morgan fingerprint density at radius 1 is 0.857 bits per heavy atom. The molecule has 1 heteroatoms. The number of hydrogen-bond acceptors (Lipinski definition) is 1. The molecule has 1 spiro atoms. The van der Waals surface area contributed by atoms with Crippen LogP contribution in [0.25, 0.3) is 0 Å². The summed E-state index contributed by atoms with van der Waals surface area (Å²) in [6, 6.07) is 0. The van der Waals surface area contributed by atoms with Crippen molar-refractivity contribution in [3.8, 4) is 0 Å². The van der Waals surface area contributed by atoms with Crippen molar-refractivity contribution in [3.63, 3.8) is 0 Å². The van der Waals surface area contributed by atoms with E-state index in [1.807, 2.05) is 0 Å². The van der Waals surface area contributed by atoms with E-state index in [9.17, 15) is 0 Å². The summed E-state index contributed by atoms with van der Waals surface area (Å²) in [6.07, 6.45) is 18.1. The van der Waals surface area contributed by atoms with Crippen molar-refractivity contribution in [2.45, 2.75) is 123 Å². The van der Waals surface area contributed by atoms with Crippen LogP contribution in [0.2, 0.25) is 0 Å². The first-order chi connectivity index (χ1) is 13.3. The maximum absolute atomic E-state index is 6.48. The Labute approximate surface area is 174 Å². The van der Waals surface area contributed by atoms with Gasteiger partial charge < -0.3 is 4.74 Å². The van der Waals surface area contributed by atoms with Crippen LogP contribution in [0.5, 0.6) is 0 Å². The minimum Gasteiger partial charge on any atom is -0.365 e. The normalized spacial score (nSPS) is 53.1. The maximum Gasteiger partial charge on any atom is 0.100 e. The second-order valence-corrected chi connectivity index (χ2v) is 12.8. The first-order valence-corrected chi connectivity index (χ1v) is 13.0. The predicted molar refractivity (Wildman–Crippen MR) is 117 cm³/mol. The quantitative estimate of drug-likeness (QED) is 0.442. The third-order valence-electron chi connectivity index (χ3n) is 11.3. The molecule has 0 N–H and O–H groups in total. The Balaban J connectivity index is 1.32. The van der Waals surface area contributed by atoms with E-state index in [0.29, 0.717) is 22.5 Å². The fourth-order valence-corrected chi connectivity index (χ4v) is 9.77. The van der Waals surface area contributed by atoms with Gasteiger partial charge in [0.05, 0.1) is 6.10 Å². The summed E-state index contributed by atoms with van der Waals surface area (Å²) in [5.41, 5.74) is 1.46. The van der Waals surface area contributed by atoms with E-state index < -0.39 is 0 Å². The van der Waals surface area contributed by atoms with E-state index >= 15 is 0 Å². The van der Waals surface area contributed by atoms with Gasteiger partial charge in [0.1, 0.15) is 5.60 Å². The average Bonchev–Trinajstić information content (AvgIpc) is 3.26. The van der Waals surface area contributed by atoms with Gasteiger partial charge in [-0.05, 0) is 92.3 Å². The summed E-state index contributed by atoms with van der Waals surface area (Å²) in [5.74, 6) is 5.77. The molecule has 4 saturated carbocycles. The monoisotopic (exact) mass is 386 g/mol. The smallest absolute Gasteiger partial charge is 0.100 e. The van der Waals surface area contributed by atoms with Crippen molar-refractivity contribution in [1.82, 2.24) is 0 Å². The summed E-state index contributed by atoms with van der Waals surface area (Å²) in [7, 11) is 0.